The largest absolute Gasteiger partial charge is 0.356 e. The van der Waals surface area contributed by atoms with Crippen molar-refractivity contribution in [3.63, 3.8) is 0 Å². The molecule has 3 aromatic heterocycles. The SMILES string of the molecule is Cc1cc(-c2c(-c3cccnc3)c3cc(Cl)ccc3[nH]c2=O)on1. The number of pyridine rings is 2. The van der Waals surface area contributed by atoms with Crippen molar-refractivity contribution in [3.8, 4) is 22.5 Å². The highest BCUT2D eigenvalue weighted by Gasteiger charge is 2.19. The molecule has 1 N–H and O–H groups in total. The predicted octanol–water partition coefficient (Wildman–Crippen LogP) is 4.21. The van der Waals surface area contributed by atoms with Crippen LogP contribution in [0.5, 0.6) is 0 Å². The first kappa shape index (κ1) is 14.7. The Labute approximate surface area is 141 Å². The van der Waals surface area contributed by atoms with Crippen molar-refractivity contribution >= 4 is 22.5 Å². The molecule has 1 aromatic carbocycles. The number of aromatic amines is 1. The number of nitrogens with one attached hydrogen (secondary N) is 1. The van der Waals surface area contributed by atoms with Crippen LogP contribution in [0.1, 0.15) is 5.69 Å². The molecular weight excluding hydrogens is 326 g/mol. The Bertz CT molecular complexity index is 1100. The van der Waals surface area contributed by atoms with Crippen molar-refractivity contribution < 1.29 is 4.52 Å². The van der Waals surface area contributed by atoms with E-state index in [1.54, 1.807) is 30.6 Å². The number of rotatable bonds is 2. The molecule has 0 amide bonds. The van der Waals surface area contributed by atoms with Crippen LogP contribution in [0.3, 0.4) is 0 Å². The first-order valence-electron chi connectivity index (χ1n) is 7.33. The molecule has 0 aliphatic carbocycles. The van der Waals surface area contributed by atoms with Crippen molar-refractivity contribution in [1.82, 2.24) is 15.1 Å². The van der Waals surface area contributed by atoms with E-state index >= 15 is 0 Å². The minimum atomic E-state index is -0.250. The molecule has 4 aromatic rings. The summed E-state index contributed by atoms with van der Waals surface area (Å²) < 4.78 is 5.35. The Morgan fingerprint density at radius 1 is 1.17 bits per heavy atom. The fourth-order valence-electron chi connectivity index (χ4n) is 2.79. The lowest BCUT2D eigenvalue weighted by Gasteiger charge is -2.11. The number of nitrogens with zero attached hydrogens (tertiary/aromatic N) is 2. The average Bonchev–Trinajstić information content (AvgIpc) is 3.01. The van der Waals surface area contributed by atoms with Gasteiger partial charge in [-0.15, -0.1) is 0 Å². The van der Waals surface area contributed by atoms with Crippen LogP contribution in [0.4, 0.5) is 0 Å². The number of fused-ring (bicyclic) bond motifs is 1. The topological polar surface area (TPSA) is 71.8 Å². The van der Waals surface area contributed by atoms with Gasteiger partial charge in [-0.05, 0) is 31.2 Å². The van der Waals surface area contributed by atoms with E-state index in [-0.39, 0.29) is 5.56 Å². The summed E-state index contributed by atoms with van der Waals surface area (Å²) in [6.07, 6.45) is 3.39. The van der Waals surface area contributed by atoms with Gasteiger partial charge in [-0.1, -0.05) is 22.8 Å². The van der Waals surface area contributed by atoms with Crippen LogP contribution in [0.15, 0.2) is 58.1 Å². The highest BCUT2D eigenvalue weighted by molar-refractivity contribution is 6.31. The third-order valence-corrected chi connectivity index (χ3v) is 4.04. The van der Waals surface area contributed by atoms with E-state index < -0.39 is 0 Å². The number of hydrogen-bond acceptors (Lipinski definition) is 4. The summed E-state index contributed by atoms with van der Waals surface area (Å²) in [6, 6.07) is 10.8. The number of H-pyrrole nitrogens is 1. The Balaban J connectivity index is 2.18. The summed E-state index contributed by atoms with van der Waals surface area (Å²) in [7, 11) is 0. The van der Waals surface area contributed by atoms with Crippen LogP contribution in [-0.2, 0) is 0 Å². The summed E-state index contributed by atoms with van der Waals surface area (Å²) >= 11 is 6.18. The Hall–Kier alpha value is -2.92. The van der Waals surface area contributed by atoms with Gasteiger partial charge in [-0.25, -0.2) is 0 Å². The van der Waals surface area contributed by atoms with Gasteiger partial charge in [0.2, 0.25) is 0 Å². The van der Waals surface area contributed by atoms with Gasteiger partial charge in [0.15, 0.2) is 5.76 Å². The number of hydrogen-bond donors (Lipinski definition) is 1. The molecule has 0 fully saturated rings. The van der Waals surface area contributed by atoms with E-state index in [0.717, 1.165) is 16.5 Å². The van der Waals surface area contributed by atoms with Gasteiger partial charge in [-0.3, -0.25) is 9.78 Å². The maximum Gasteiger partial charge on any atom is 0.260 e. The lowest BCUT2D eigenvalue weighted by atomic mass is 9.96. The molecule has 0 aliphatic heterocycles. The number of aryl methyl sites for hydroxylation is 1. The van der Waals surface area contributed by atoms with E-state index in [1.165, 1.54) is 0 Å². The molecule has 0 unspecified atom stereocenters. The molecule has 118 valence electrons. The van der Waals surface area contributed by atoms with Crippen LogP contribution in [0, 0.1) is 6.92 Å². The quantitative estimate of drug-likeness (QED) is 0.594. The van der Waals surface area contributed by atoms with Gasteiger partial charge in [-0.2, -0.15) is 0 Å². The number of halogens is 1. The van der Waals surface area contributed by atoms with E-state index in [2.05, 4.69) is 15.1 Å². The number of benzene rings is 1. The van der Waals surface area contributed by atoms with Gasteiger partial charge < -0.3 is 9.51 Å². The van der Waals surface area contributed by atoms with Gasteiger partial charge >= 0.3 is 0 Å². The highest BCUT2D eigenvalue weighted by atomic mass is 35.5. The van der Waals surface area contributed by atoms with Crippen LogP contribution in [0.2, 0.25) is 5.02 Å². The molecule has 0 saturated carbocycles. The monoisotopic (exact) mass is 337 g/mol. The zero-order chi connectivity index (χ0) is 16.7. The van der Waals surface area contributed by atoms with E-state index in [4.69, 9.17) is 16.1 Å². The van der Waals surface area contributed by atoms with Crippen LogP contribution >= 0.6 is 11.6 Å². The first-order chi connectivity index (χ1) is 11.6. The van der Waals surface area contributed by atoms with Crippen LogP contribution in [0.25, 0.3) is 33.4 Å². The second-order valence-electron chi connectivity index (χ2n) is 5.47. The Kier molecular flexibility index (Phi) is 3.43. The van der Waals surface area contributed by atoms with Crippen molar-refractivity contribution in [2.24, 2.45) is 0 Å². The smallest absolute Gasteiger partial charge is 0.260 e. The second-order valence-corrected chi connectivity index (χ2v) is 5.90. The molecule has 4 rings (SSSR count). The summed E-state index contributed by atoms with van der Waals surface area (Å²) in [5.74, 6) is 0.412. The normalized spacial score (nSPS) is 11.1. The molecule has 0 bridgehead atoms. The van der Waals surface area contributed by atoms with Gasteiger partial charge in [0.25, 0.3) is 5.56 Å². The molecule has 5 nitrogen and oxygen atoms in total. The molecule has 0 spiro atoms. The highest BCUT2D eigenvalue weighted by Crippen LogP contribution is 2.35. The molecule has 0 radical (unpaired) electrons. The second kappa shape index (κ2) is 5.62. The zero-order valence-electron chi connectivity index (χ0n) is 12.7. The summed E-state index contributed by atoms with van der Waals surface area (Å²) in [5, 5.41) is 5.30. The third-order valence-electron chi connectivity index (χ3n) is 3.80. The maximum atomic E-state index is 12.7. The molecular formula is C18H12ClN3O2. The van der Waals surface area contributed by atoms with Gasteiger partial charge in [0.1, 0.15) is 0 Å². The van der Waals surface area contributed by atoms with Gasteiger partial charge in [0.05, 0.1) is 11.3 Å². The minimum absolute atomic E-state index is 0.250. The predicted molar refractivity (Wildman–Crippen MR) is 93.0 cm³/mol. The average molecular weight is 338 g/mol. The van der Waals surface area contributed by atoms with Crippen molar-refractivity contribution in [2.75, 3.05) is 0 Å². The maximum absolute atomic E-state index is 12.7. The standard InChI is InChI=1S/C18H12ClN3O2/c1-10-7-15(24-22-10)17-16(11-3-2-6-20-9-11)13-8-12(19)4-5-14(13)21-18(17)23/h2-9H,1H3,(H,21,23). The molecule has 0 aliphatic rings. The van der Waals surface area contributed by atoms with Crippen LogP contribution < -0.4 is 5.56 Å². The summed E-state index contributed by atoms with van der Waals surface area (Å²) in [6.45, 7) is 1.81. The van der Waals surface area contributed by atoms with Crippen molar-refractivity contribution in [2.45, 2.75) is 6.92 Å². The molecule has 0 saturated heterocycles. The fraction of sp³-hybridized carbons (Fsp3) is 0.0556. The molecule has 3 heterocycles. The minimum Gasteiger partial charge on any atom is -0.356 e. The van der Waals surface area contributed by atoms with Gasteiger partial charge in [0, 0.05) is 45.5 Å². The number of aromatic nitrogens is 3. The Morgan fingerprint density at radius 3 is 2.75 bits per heavy atom. The lowest BCUT2D eigenvalue weighted by Crippen LogP contribution is -2.11. The lowest BCUT2D eigenvalue weighted by molar-refractivity contribution is 0.427. The first-order valence-corrected chi connectivity index (χ1v) is 7.71. The molecule has 24 heavy (non-hydrogen) atoms. The van der Waals surface area contributed by atoms with E-state index in [1.807, 2.05) is 25.1 Å². The third kappa shape index (κ3) is 2.39. The Morgan fingerprint density at radius 2 is 2.04 bits per heavy atom. The van der Waals surface area contributed by atoms with E-state index in [0.29, 0.717) is 27.6 Å². The van der Waals surface area contributed by atoms with Crippen molar-refractivity contribution in [1.29, 1.82) is 0 Å². The zero-order valence-corrected chi connectivity index (χ0v) is 13.5. The summed E-state index contributed by atoms with van der Waals surface area (Å²) in [5.41, 5.74) is 3.09. The molecule has 6 heteroatoms. The van der Waals surface area contributed by atoms with Crippen molar-refractivity contribution in [3.05, 3.63) is 69.9 Å². The summed E-state index contributed by atoms with van der Waals surface area (Å²) in [4.78, 5) is 19.8. The van der Waals surface area contributed by atoms with E-state index in [9.17, 15) is 4.79 Å². The molecule has 0 atom stereocenters. The fourth-order valence-corrected chi connectivity index (χ4v) is 2.96. The van der Waals surface area contributed by atoms with Crippen LogP contribution in [-0.4, -0.2) is 15.1 Å².